The number of benzene rings is 1. The van der Waals surface area contributed by atoms with E-state index in [1.54, 1.807) is 0 Å². The number of halogens is 1. The van der Waals surface area contributed by atoms with Crippen LogP contribution in [0, 0.1) is 0 Å². The number of β-amino-alcohol motifs (C(OH)–C–C–N with tert-alkyl or cyclic N) is 2. The molecule has 1 heterocycles. The Hall–Kier alpha value is -0.460. The monoisotopic (exact) mass is 328 g/mol. The highest BCUT2D eigenvalue weighted by Gasteiger charge is 2.19. The van der Waals surface area contributed by atoms with Crippen molar-refractivity contribution in [2.45, 2.75) is 6.10 Å². The van der Waals surface area contributed by atoms with Crippen molar-refractivity contribution in [2.24, 2.45) is 0 Å². The highest BCUT2D eigenvalue weighted by molar-refractivity contribution is 9.10. The highest BCUT2D eigenvalue weighted by Crippen LogP contribution is 2.19. The second-order valence-electron chi connectivity index (χ2n) is 4.94. The van der Waals surface area contributed by atoms with Gasteiger partial charge in [0, 0.05) is 43.7 Å². The van der Waals surface area contributed by atoms with Crippen LogP contribution < -0.4 is 0 Å². The summed E-state index contributed by atoms with van der Waals surface area (Å²) in [4.78, 5) is 4.53. The van der Waals surface area contributed by atoms with Gasteiger partial charge in [0.2, 0.25) is 0 Å². The number of aliphatic hydroxyl groups excluding tert-OH is 2. The SMILES string of the molecule is OCCN1CCN(C[C@H](O)c2cccc(Br)c2)CC1. The average molecular weight is 329 g/mol. The van der Waals surface area contributed by atoms with Crippen LogP contribution in [0.15, 0.2) is 28.7 Å². The van der Waals surface area contributed by atoms with Gasteiger partial charge in [-0.2, -0.15) is 0 Å². The summed E-state index contributed by atoms with van der Waals surface area (Å²) in [5, 5.41) is 19.2. The summed E-state index contributed by atoms with van der Waals surface area (Å²) in [5.41, 5.74) is 0.951. The number of hydrogen-bond donors (Lipinski definition) is 2. The van der Waals surface area contributed by atoms with Crippen molar-refractivity contribution in [1.82, 2.24) is 9.80 Å². The summed E-state index contributed by atoms with van der Waals surface area (Å²) in [5.74, 6) is 0. The molecule has 0 radical (unpaired) electrons. The van der Waals surface area contributed by atoms with Crippen LogP contribution in [0.5, 0.6) is 0 Å². The van der Waals surface area contributed by atoms with Crippen LogP contribution in [0.1, 0.15) is 11.7 Å². The van der Waals surface area contributed by atoms with Crippen molar-refractivity contribution < 1.29 is 10.2 Å². The lowest BCUT2D eigenvalue weighted by Gasteiger charge is -2.35. The highest BCUT2D eigenvalue weighted by atomic mass is 79.9. The second kappa shape index (κ2) is 7.36. The van der Waals surface area contributed by atoms with Crippen LogP contribution in [0.3, 0.4) is 0 Å². The zero-order chi connectivity index (χ0) is 13.7. The third-order valence-corrected chi connectivity index (χ3v) is 4.04. The summed E-state index contributed by atoms with van der Waals surface area (Å²) >= 11 is 3.43. The van der Waals surface area contributed by atoms with Gasteiger partial charge >= 0.3 is 0 Å². The predicted octanol–water partition coefficient (Wildman–Crippen LogP) is 1.09. The van der Waals surface area contributed by atoms with E-state index in [1.807, 2.05) is 24.3 Å². The number of rotatable bonds is 5. The maximum atomic E-state index is 10.3. The first-order valence-corrected chi connectivity index (χ1v) is 7.47. The molecule has 2 N–H and O–H groups in total. The molecular formula is C14H21BrN2O2. The third kappa shape index (κ3) is 4.54. The molecule has 1 saturated heterocycles. The fraction of sp³-hybridized carbons (Fsp3) is 0.571. The fourth-order valence-corrected chi connectivity index (χ4v) is 2.82. The minimum Gasteiger partial charge on any atom is -0.395 e. The first kappa shape index (κ1) is 14.9. The Labute approximate surface area is 122 Å². The lowest BCUT2D eigenvalue weighted by Crippen LogP contribution is -2.48. The van der Waals surface area contributed by atoms with Crippen LogP contribution in [0.2, 0.25) is 0 Å². The minimum atomic E-state index is -0.443. The van der Waals surface area contributed by atoms with E-state index in [9.17, 15) is 5.11 Å². The Morgan fingerprint density at radius 3 is 2.47 bits per heavy atom. The van der Waals surface area contributed by atoms with Gasteiger partial charge in [-0.3, -0.25) is 9.80 Å². The van der Waals surface area contributed by atoms with Gasteiger partial charge in [-0.25, -0.2) is 0 Å². The van der Waals surface area contributed by atoms with Gasteiger partial charge in [-0.1, -0.05) is 28.1 Å². The zero-order valence-corrected chi connectivity index (χ0v) is 12.6. The Morgan fingerprint density at radius 1 is 1.16 bits per heavy atom. The van der Waals surface area contributed by atoms with E-state index in [0.29, 0.717) is 6.54 Å². The maximum absolute atomic E-state index is 10.3. The van der Waals surface area contributed by atoms with E-state index in [-0.39, 0.29) is 6.61 Å². The molecule has 0 spiro atoms. The van der Waals surface area contributed by atoms with Crippen molar-refractivity contribution in [2.75, 3.05) is 45.9 Å². The van der Waals surface area contributed by atoms with Gasteiger partial charge in [0.25, 0.3) is 0 Å². The van der Waals surface area contributed by atoms with Gasteiger partial charge < -0.3 is 10.2 Å². The molecule has 1 aromatic rings. The van der Waals surface area contributed by atoms with E-state index in [0.717, 1.165) is 42.8 Å². The number of hydrogen-bond acceptors (Lipinski definition) is 4. The van der Waals surface area contributed by atoms with E-state index < -0.39 is 6.10 Å². The first-order valence-electron chi connectivity index (χ1n) is 6.68. The van der Waals surface area contributed by atoms with Gasteiger partial charge in [-0.05, 0) is 17.7 Å². The predicted molar refractivity (Wildman–Crippen MR) is 79.1 cm³/mol. The van der Waals surface area contributed by atoms with Crippen molar-refractivity contribution in [3.63, 3.8) is 0 Å². The molecule has 0 amide bonds. The Balaban J connectivity index is 1.82. The van der Waals surface area contributed by atoms with E-state index in [4.69, 9.17) is 5.11 Å². The molecule has 106 valence electrons. The molecule has 0 bridgehead atoms. The summed E-state index contributed by atoms with van der Waals surface area (Å²) < 4.78 is 0.997. The lowest BCUT2D eigenvalue weighted by molar-refractivity contribution is 0.0661. The topological polar surface area (TPSA) is 46.9 Å². The molecule has 1 aliphatic heterocycles. The molecule has 5 heteroatoms. The van der Waals surface area contributed by atoms with Crippen molar-refractivity contribution >= 4 is 15.9 Å². The molecule has 1 aliphatic rings. The molecule has 1 atom stereocenters. The van der Waals surface area contributed by atoms with E-state index in [2.05, 4.69) is 25.7 Å². The zero-order valence-electron chi connectivity index (χ0n) is 11.0. The molecule has 0 aliphatic carbocycles. The lowest BCUT2D eigenvalue weighted by atomic mass is 10.1. The number of nitrogens with zero attached hydrogens (tertiary/aromatic N) is 2. The molecule has 4 nitrogen and oxygen atoms in total. The van der Waals surface area contributed by atoms with Crippen molar-refractivity contribution in [3.05, 3.63) is 34.3 Å². The Morgan fingerprint density at radius 2 is 1.84 bits per heavy atom. The van der Waals surface area contributed by atoms with Crippen LogP contribution in [-0.4, -0.2) is 65.9 Å². The molecule has 0 aromatic heterocycles. The molecule has 0 unspecified atom stereocenters. The Bertz CT molecular complexity index is 395. The molecule has 2 rings (SSSR count). The summed E-state index contributed by atoms with van der Waals surface area (Å²) in [7, 11) is 0. The molecule has 1 aromatic carbocycles. The van der Waals surface area contributed by atoms with Crippen LogP contribution in [0.4, 0.5) is 0 Å². The first-order chi connectivity index (χ1) is 9.19. The van der Waals surface area contributed by atoms with Gasteiger partial charge in [0.15, 0.2) is 0 Å². The summed E-state index contributed by atoms with van der Waals surface area (Å²) in [6.07, 6.45) is -0.443. The van der Waals surface area contributed by atoms with Crippen LogP contribution >= 0.6 is 15.9 Å². The second-order valence-corrected chi connectivity index (χ2v) is 5.85. The van der Waals surface area contributed by atoms with Gasteiger partial charge in [0.1, 0.15) is 0 Å². The summed E-state index contributed by atoms with van der Waals surface area (Å²) in [6.45, 7) is 5.47. The van der Waals surface area contributed by atoms with Gasteiger partial charge in [0.05, 0.1) is 12.7 Å². The quantitative estimate of drug-likeness (QED) is 0.849. The number of aliphatic hydroxyl groups is 2. The third-order valence-electron chi connectivity index (χ3n) is 3.55. The largest absolute Gasteiger partial charge is 0.395 e. The Kier molecular flexibility index (Phi) is 5.78. The molecule has 19 heavy (non-hydrogen) atoms. The minimum absolute atomic E-state index is 0.223. The van der Waals surface area contributed by atoms with Crippen molar-refractivity contribution in [3.8, 4) is 0 Å². The van der Waals surface area contributed by atoms with Crippen molar-refractivity contribution in [1.29, 1.82) is 0 Å². The standard InChI is InChI=1S/C14H21BrN2O2/c15-13-3-1-2-12(10-13)14(19)11-17-6-4-16(5-7-17)8-9-18/h1-3,10,14,18-19H,4-9,11H2/t14-/m0/s1. The van der Waals surface area contributed by atoms with Crippen LogP contribution in [-0.2, 0) is 0 Å². The van der Waals surface area contributed by atoms with Crippen LogP contribution in [0.25, 0.3) is 0 Å². The molecule has 0 saturated carbocycles. The molecule has 1 fully saturated rings. The number of piperazine rings is 1. The van der Waals surface area contributed by atoms with E-state index >= 15 is 0 Å². The fourth-order valence-electron chi connectivity index (χ4n) is 2.40. The summed E-state index contributed by atoms with van der Waals surface area (Å²) in [6, 6.07) is 7.83. The smallest absolute Gasteiger partial charge is 0.0917 e. The average Bonchev–Trinajstić information content (AvgIpc) is 2.41. The normalized spacial score (nSPS) is 19.5. The molecular weight excluding hydrogens is 308 g/mol. The maximum Gasteiger partial charge on any atom is 0.0917 e. The van der Waals surface area contributed by atoms with Gasteiger partial charge in [-0.15, -0.1) is 0 Å². The van der Waals surface area contributed by atoms with E-state index in [1.165, 1.54) is 0 Å².